The summed E-state index contributed by atoms with van der Waals surface area (Å²) >= 11 is 0. The Hall–Kier alpha value is -1.79. The minimum atomic E-state index is -0.243. The van der Waals surface area contributed by atoms with Crippen molar-refractivity contribution in [3.8, 4) is 0 Å². The molecule has 5 nitrogen and oxygen atoms in total. The largest absolute Gasteiger partial charge is 0.339 e. The van der Waals surface area contributed by atoms with Crippen LogP contribution >= 0.6 is 0 Å². The summed E-state index contributed by atoms with van der Waals surface area (Å²) in [4.78, 5) is 6.73. The lowest BCUT2D eigenvalue weighted by atomic mass is 10.1. The maximum Gasteiger partial charge on any atom is 0.231 e. The molecule has 1 aliphatic rings. The van der Waals surface area contributed by atoms with Crippen LogP contribution in [0.3, 0.4) is 0 Å². The van der Waals surface area contributed by atoms with E-state index in [4.69, 9.17) is 4.52 Å². The van der Waals surface area contributed by atoms with Crippen LogP contribution in [0, 0.1) is 5.82 Å². The summed E-state index contributed by atoms with van der Waals surface area (Å²) < 4.78 is 18.9. The molecule has 0 bridgehead atoms. The van der Waals surface area contributed by atoms with Gasteiger partial charge in [-0.05, 0) is 18.6 Å². The Kier molecular flexibility index (Phi) is 4.26. The van der Waals surface area contributed by atoms with Crippen molar-refractivity contribution in [2.45, 2.75) is 19.4 Å². The van der Waals surface area contributed by atoms with Crippen LogP contribution in [0.1, 0.15) is 30.2 Å². The van der Waals surface area contributed by atoms with E-state index in [-0.39, 0.29) is 11.9 Å². The molecule has 1 saturated heterocycles. The second kappa shape index (κ2) is 6.32. The molecule has 2 aromatic rings. The van der Waals surface area contributed by atoms with Gasteiger partial charge in [-0.3, -0.25) is 4.90 Å². The van der Waals surface area contributed by atoms with Crippen LogP contribution in [0.4, 0.5) is 4.39 Å². The molecular weight excluding hydrogens is 271 g/mol. The van der Waals surface area contributed by atoms with E-state index < -0.39 is 0 Å². The molecule has 2 heterocycles. The van der Waals surface area contributed by atoms with Crippen molar-refractivity contribution in [3.63, 3.8) is 0 Å². The zero-order chi connectivity index (χ0) is 14.7. The Morgan fingerprint density at radius 3 is 2.86 bits per heavy atom. The van der Waals surface area contributed by atoms with E-state index in [0.717, 1.165) is 26.2 Å². The molecular formula is C15H19FN4O. The highest BCUT2D eigenvalue weighted by Crippen LogP contribution is 2.19. The first kappa shape index (κ1) is 14.2. The summed E-state index contributed by atoms with van der Waals surface area (Å²) in [7, 11) is 0. The topological polar surface area (TPSA) is 54.2 Å². The van der Waals surface area contributed by atoms with Crippen LogP contribution < -0.4 is 5.32 Å². The summed E-state index contributed by atoms with van der Waals surface area (Å²) in [6.07, 6.45) is 0.327. The molecule has 1 atom stereocenters. The van der Waals surface area contributed by atoms with Gasteiger partial charge >= 0.3 is 0 Å². The van der Waals surface area contributed by atoms with Gasteiger partial charge < -0.3 is 9.84 Å². The van der Waals surface area contributed by atoms with Gasteiger partial charge in [0.05, 0.1) is 12.5 Å². The molecule has 1 aromatic carbocycles. The van der Waals surface area contributed by atoms with E-state index in [1.54, 1.807) is 18.2 Å². The Morgan fingerprint density at radius 2 is 2.10 bits per heavy atom. The van der Waals surface area contributed by atoms with Crippen LogP contribution in [-0.2, 0) is 6.42 Å². The third-order valence-corrected chi connectivity index (χ3v) is 3.86. The normalized spacial score (nSPS) is 17.8. The Morgan fingerprint density at radius 1 is 1.33 bits per heavy atom. The highest BCUT2D eigenvalue weighted by molar-refractivity contribution is 5.20. The van der Waals surface area contributed by atoms with Gasteiger partial charge in [-0.2, -0.15) is 4.98 Å². The minimum Gasteiger partial charge on any atom is -0.339 e. The first-order valence-corrected chi connectivity index (χ1v) is 7.24. The first-order valence-electron chi connectivity index (χ1n) is 7.24. The second-order valence-electron chi connectivity index (χ2n) is 5.28. The molecule has 6 heteroatoms. The van der Waals surface area contributed by atoms with E-state index in [9.17, 15) is 4.39 Å². The molecule has 3 rings (SSSR count). The summed E-state index contributed by atoms with van der Waals surface area (Å²) in [5.41, 5.74) is 0.572. The molecule has 1 N–H and O–H groups in total. The summed E-state index contributed by atoms with van der Waals surface area (Å²) in [5, 5.41) is 7.36. The molecule has 0 spiro atoms. The molecule has 0 saturated carbocycles. The number of rotatable bonds is 4. The van der Waals surface area contributed by atoms with Crippen LogP contribution in [0.25, 0.3) is 0 Å². The van der Waals surface area contributed by atoms with Gasteiger partial charge in [-0.1, -0.05) is 23.4 Å². The molecule has 1 aliphatic heterocycles. The van der Waals surface area contributed by atoms with Crippen molar-refractivity contribution in [3.05, 3.63) is 47.4 Å². The van der Waals surface area contributed by atoms with Gasteiger partial charge in [-0.15, -0.1) is 0 Å². The van der Waals surface area contributed by atoms with Crippen LogP contribution in [0.2, 0.25) is 0 Å². The van der Waals surface area contributed by atoms with E-state index in [0.29, 0.717) is 23.7 Å². The van der Waals surface area contributed by atoms with Crippen molar-refractivity contribution in [2.24, 2.45) is 0 Å². The van der Waals surface area contributed by atoms with Gasteiger partial charge in [-0.25, -0.2) is 4.39 Å². The second-order valence-corrected chi connectivity index (χ2v) is 5.28. The lowest BCUT2D eigenvalue weighted by Gasteiger charge is -2.30. The van der Waals surface area contributed by atoms with E-state index in [1.165, 1.54) is 6.07 Å². The molecule has 1 fully saturated rings. The number of nitrogens with one attached hydrogen (secondary N) is 1. The zero-order valence-electron chi connectivity index (χ0n) is 12.1. The predicted octanol–water partition coefficient (Wildman–Crippen LogP) is 1.77. The van der Waals surface area contributed by atoms with Crippen LogP contribution in [0.15, 0.2) is 28.8 Å². The smallest absolute Gasteiger partial charge is 0.231 e. The number of halogens is 1. The van der Waals surface area contributed by atoms with E-state index in [1.807, 2.05) is 0 Å². The molecule has 112 valence electrons. The third-order valence-electron chi connectivity index (χ3n) is 3.86. The number of nitrogens with zero attached hydrogens (tertiary/aromatic N) is 3. The molecule has 0 amide bonds. The number of hydrogen-bond donors (Lipinski definition) is 1. The zero-order valence-corrected chi connectivity index (χ0v) is 12.1. The average molecular weight is 290 g/mol. The third kappa shape index (κ3) is 3.28. The molecule has 1 aromatic heterocycles. The average Bonchev–Trinajstić information content (AvgIpc) is 2.98. The summed E-state index contributed by atoms with van der Waals surface area (Å²) in [6, 6.07) is 6.77. The fourth-order valence-electron chi connectivity index (χ4n) is 2.55. The lowest BCUT2D eigenvalue weighted by molar-refractivity contribution is 0.176. The van der Waals surface area contributed by atoms with E-state index in [2.05, 4.69) is 27.3 Å². The van der Waals surface area contributed by atoms with Gasteiger partial charge in [0.25, 0.3) is 0 Å². The Bertz CT molecular complexity index is 595. The molecule has 0 aliphatic carbocycles. The molecule has 0 radical (unpaired) electrons. The fraction of sp³-hybridized carbons (Fsp3) is 0.467. The van der Waals surface area contributed by atoms with Gasteiger partial charge in [0.1, 0.15) is 5.82 Å². The first-order chi connectivity index (χ1) is 10.2. The maximum atomic E-state index is 13.6. The number of piperazine rings is 1. The fourth-order valence-corrected chi connectivity index (χ4v) is 2.55. The number of hydrogen-bond acceptors (Lipinski definition) is 5. The molecule has 1 unspecified atom stereocenters. The minimum absolute atomic E-state index is 0.116. The highest BCUT2D eigenvalue weighted by Gasteiger charge is 2.22. The SMILES string of the molecule is CC(c1noc(Cc2ccccc2F)n1)N1CCNCC1. The maximum absolute atomic E-state index is 13.6. The van der Waals surface area contributed by atoms with Crippen molar-refractivity contribution in [1.82, 2.24) is 20.4 Å². The number of aromatic nitrogens is 2. The van der Waals surface area contributed by atoms with Crippen LogP contribution in [-0.4, -0.2) is 41.2 Å². The summed E-state index contributed by atoms with van der Waals surface area (Å²) in [5.74, 6) is 0.882. The predicted molar refractivity (Wildman–Crippen MR) is 76.4 cm³/mol. The van der Waals surface area contributed by atoms with Crippen molar-refractivity contribution >= 4 is 0 Å². The van der Waals surface area contributed by atoms with E-state index >= 15 is 0 Å². The van der Waals surface area contributed by atoms with Crippen LogP contribution in [0.5, 0.6) is 0 Å². The quantitative estimate of drug-likeness (QED) is 0.930. The lowest BCUT2D eigenvalue weighted by Crippen LogP contribution is -2.44. The summed E-state index contributed by atoms with van der Waals surface area (Å²) in [6.45, 7) is 5.97. The Balaban J connectivity index is 1.69. The molecule has 21 heavy (non-hydrogen) atoms. The van der Waals surface area contributed by atoms with Crippen molar-refractivity contribution in [2.75, 3.05) is 26.2 Å². The highest BCUT2D eigenvalue weighted by atomic mass is 19.1. The van der Waals surface area contributed by atoms with Crippen molar-refractivity contribution < 1.29 is 8.91 Å². The standard InChI is InChI=1S/C15H19FN4O/c1-11(20-8-6-17-7-9-20)15-18-14(21-19-15)10-12-4-2-3-5-13(12)16/h2-5,11,17H,6-10H2,1H3. The number of benzene rings is 1. The van der Waals surface area contributed by atoms with Gasteiger partial charge in [0, 0.05) is 26.2 Å². The van der Waals surface area contributed by atoms with Gasteiger partial charge in [0.2, 0.25) is 5.89 Å². The van der Waals surface area contributed by atoms with Gasteiger partial charge in [0.15, 0.2) is 5.82 Å². The Labute approximate surface area is 123 Å². The monoisotopic (exact) mass is 290 g/mol. The van der Waals surface area contributed by atoms with Crippen molar-refractivity contribution in [1.29, 1.82) is 0 Å².